The highest BCUT2D eigenvalue weighted by molar-refractivity contribution is 5.79. The summed E-state index contributed by atoms with van der Waals surface area (Å²) in [6.07, 6.45) is 11.1. The van der Waals surface area contributed by atoms with Gasteiger partial charge in [-0.05, 0) is 56.1 Å². The average Bonchev–Trinajstić information content (AvgIpc) is 2.74. The number of likely N-dealkylation sites (tertiary alicyclic amines) is 1. The van der Waals surface area contributed by atoms with Gasteiger partial charge in [0.05, 0.1) is 0 Å². The molecule has 160 valence electrons. The molecule has 1 saturated carbocycles. The molecule has 1 aromatic rings. The Morgan fingerprint density at radius 1 is 1.28 bits per heavy atom. The summed E-state index contributed by atoms with van der Waals surface area (Å²) in [6, 6.07) is 4.54. The van der Waals surface area contributed by atoms with Crippen LogP contribution in [0.15, 0.2) is 36.0 Å². The second-order valence-electron chi connectivity index (χ2n) is 8.44. The summed E-state index contributed by atoms with van der Waals surface area (Å²) in [7, 11) is 1.83. The first-order valence-electron chi connectivity index (χ1n) is 11.1. The first-order chi connectivity index (χ1) is 14.2. The van der Waals surface area contributed by atoms with Crippen molar-refractivity contribution in [2.24, 2.45) is 10.9 Å². The third-order valence-electron chi connectivity index (χ3n) is 6.05. The van der Waals surface area contributed by atoms with Crippen LogP contribution < -0.4 is 15.4 Å². The van der Waals surface area contributed by atoms with Crippen molar-refractivity contribution >= 4 is 5.96 Å². The van der Waals surface area contributed by atoms with Crippen molar-refractivity contribution in [1.82, 2.24) is 20.5 Å². The van der Waals surface area contributed by atoms with E-state index in [1.165, 1.54) is 12.8 Å². The van der Waals surface area contributed by atoms with E-state index >= 15 is 0 Å². The van der Waals surface area contributed by atoms with E-state index in [1.807, 2.05) is 31.5 Å². The third kappa shape index (κ3) is 7.03. The zero-order valence-corrected chi connectivity index (χ0v) is 18.1. The van der Waals surface area contributed by atoms with Gasteiger partial charge in [0.1, 0.15) is 6.10 Å². The number of nitrogens with one attached hydrogen (secondary N) is 2. The van der Waals surface area contributed by atoms with Crippen molar-refractivity contribution in [3.05, 3.63) is 36.5 Å². The molecule has 2 N–H and O–H groups in total. The Bertz CT molecular complexity index is 661. The first-order valence-corrected chi connectivity index (χ1v) is 11.1. The molecule has 2 fully saturated rings. The molecular formula is C23H37N5O. The Morgan fingerprint density at radius 2 is 2.03 bits per heavy atom. The standard InChI is InChI=1S/C23H37N5O/c1-4-13-28-14-10-20(11-15-28)27-23(24-3)26-17-19-9-12-25-22(16-19)29-21-7-5-18(2)6-8-21/h4,9,12,16,18,20-21H,1,5-8,10-11,13-15,17H2,2-3H3,(H2,24,26,27). The van der Waals surface area contributed by atoms with Gasteiger partial charge in [-0.3, -0.25) is 9.89 Å². The van der Waals surface area contributed by atoms with Crippen LogP contribution in [0.2, 0.25) is 0 Å². The molecule has 0 atom stereocenters. The predicted octanol–water partition coefficient (Wildman–Crippen LogP) is 3.35. The van der Waals surface area contributed by atoms with Crippen molar-refractivity contribution < 1.29 is 4.74 Å². The lowest BCUT2D eigenvalue weighted by molar-refractivity contribution is 0.130. The topological polar surface area (TPSA) is 61.8 Å². The van der Waals surface area contributed by atoms with Gasteiger partial charge in [-0.15, -0.1) is 6.58 Å². The minimum atomic E-state index is 0.309. The molecule has 1 aromatic heterocycles. The van der Waals surface area contributed by atoms with Gasteiger partial charge in [-0.1, -0.05) is 13.0 Å². The smallest absolute Gasteiger partial charge is 0.213 e. The number of aromatic nitrogens is 1. The quantitative estimate of drug-likeness (QED) is 0.418. The van der Waals surface area contributed by atoms with Gasteiger partial charge < -0.3 is 15.4 Å². The minimum absolute atomic E-state index is 0.309. The van der Waals surface area contributed by atoms with Gasteiger partial charge >= 0.3 is 0 Å². The zero-order chi connectivity index (χ0) is 20.5. The number of ether oxygens (including phenoxy) is 1. The molecule has 1 aliphatic carbocycles. The van der Waals surface area contributed by atoms with Crippen molar-refractivity contribution in [3.63, 3.8) is 0 Å². The fourth-order valence-electron chi connectivity index (χ4n) is 4.16. The molecule has 3 rings (SSSR count). The van der Waals surface area contributed by atoms with Crippen LogP contribution in [0.1, 0.15) is 51.0 Å². The average molecular weight is 400 g/mol. The second-order valence-corrected chi connectivity index (χ2v) is 8.44. The molecule has 0 aromatic carbocycles. The van der Waals surface area contributed by atoms with E-state index in [0.717, 1.165) is 68.6 Å². The summed E-state index contributed by atoms with van der Waals surface area (Å²) in [4.78, 5) is 11.2. The molecular weight excluding hydrogens is 362 g/mol. The number of guanidine groups is 1. The van der Waals surface area contributed by atoms with Crippen LogP contribution in [0.5, 0.6) is 5.88 Å². The number of rotatable bonds is 7. The largest absolute Gasteiger partial charge is 0.474 e. The van der Waals surface area contributed by atoms with E-state index < -0.39 is 0 Å². The number of hydrogen-bond acceptors (Lipinski definition) is 4. The monoisotopic (exact) mass is 399 g/mol. The van der Waals surface area contributed by atoms with Gasteiger partial charge in [-0.2, -0.15) is 0 Å². The Hall–Kier alpha value is -2.08. The molecule has 0 bridgehead atoms. The maximum absolute atomic E-state index is 6.13. The number of hydrogen-bond donors (Lipinski definition) is 2. The molecule has 0 radical (unpaired) electrons. The van der Waals surface area contributed by atoms with Gasteiger partial charge in [0.25, 0.3) is 0 Å². The van der Waals surface area contributed by atoms with Crippen LogP contribution in [0.3, 0.4) is 0 Å². The lowest BCUT2D eigenvalue weighted by atomic mass is 9.89. The van der Waals surface area contributed by atoms with Crippen LogP contribution in [-0.2, 0) is 6.54 Å². The SMILES string of the molecule is C=CCN1CCC(NC(=NC)NCc2ccnc(OC3CCC(C)CC3)c2)CC1. The number of nitrogens with zero attached hydrogens (tertiary/aromatic N) is 3. The molecule has 1 aliphatic heterocycles. The highest BCUT2D eigenvalue weighted by Crippen LogP contribution is 2.26. The highest BCUT2D eigenvalue weighted by atomic mass is 16.5. The molecule has 1 saturated heterocycles. The number of piperidine rings is 1. The van der Waals surface area contributed by atoms with Crippen LogP contribution in [0.25, 0.3) is 0 Å². The van der Waals surface area contributed by atoms with Crippen LogP contribution in [0, 0.1) is 5.92 Å². The van der Waals surface area contributed by atoms with Gasteiger partial charge in [0.15, 0.2) is 5.96 Å². The van der Waals surface area contributed by atoms with Crippen molar-refractivity contribution in [2.75, 3.05) is 26.7 Å². The van der Waals surface area contributed by atoms with E-state index in [2.05, 4.69) is 39.0 Å². The van der Waals surface area contributed by atoms with Gasteiger partial charge in [-0.25, -0.2) is 4.98 Å². The van der Waals surface area contributed by atoms with Gasteiger partial charge in [0.2, 0.25) is 5.88 Å². The predicted molar refractivity (Wildman–Crippen MR) is 119 cm³/mol. The summed E-state index contributed by atoms with van der Waals surface area (Å²) in [5.74, 6) is 2.42. The molecule has 0 unspecified atom stereocenters. The molecule has 0 amide bonds. The Balaban J connectivity index is 1.44. The molecule has 6 heteroatoms. The molecule has 2 aliphatic rings. The highest BCUT2D eigenvalue weighted by Gasteiger charge is 2.20. The Labute approximate surface area is 175 Å². The summed E-state index contributed by atoms with van der Waals surface area (Å²) in [5.41, 5.74) is 1.16. The second kappa shape index (κ2) is 11.2. The van der Waals surface area contributed by atoms with E-state index in [1.54, 1.807) is 0 Å². The molecule has 2 heterocycles. The summed E-state index contributed by atoms with van der Waals surface area (Å²) < 4.78 is 6.13. The lowest BCUT2D eigenvalue weighted by Crippen LogP contribution is -2.48. The molecule has 29 heavy (non-hydrogen) atoms. The van der Waals surface area contributed by atoms with E-state index in [9.17, 15) is 0 Å². The first kappa shape index (κ1) is 21.6. The van der Waals surface area contributed by atoms with E-state index in [4.69, 9.17) is 4.74 Å². The maximum atomic E-state index is 6.13. The fraction of sp³-hybridized carbons (Fsp3) is 0.652. The number of pyridine rings is 1. The van der Waals surface area contributed by atoms with Crippen LogP contribution in [-0.4, -0.2) is 54.7 Å². The van der Waals surface area contributed by atoms with E-state index in [-0.39, 0.29) is 0 Å². The van der Waals surface area contributed by atoms with Crippen molar-refractivity contribution in [3.8, 4) is 5.88 Å². The summed E-state index contributed by atoms with van der Waals surface area (Å²) in [6.45, 7) is 10.0. The van der Waals surface area contributed by atoms with Crippen molar-refractivity contribution in [1.29, 1.82) is 0 Å². The minimum Gasteiger partial charge on any atom is -0.474 e. The van der Waals surface area contributed by atoms with E-state index in [0.29, 0.717) is 18.7 Å². The summed E-state index contributed by atoms with van der Waals surface area (Å²) >= 11 is 0. The zero-order valence-electron chi connectivity index (χ0n) is 18.1. The lowest BCUT2D eigenvalue weighted by Gasteiger charge is -2.32. The maximum Gasteiger partial charge on any atom is 0.213 e. The van der Waals surface area contributed by atoms with Crippen molar-refractivity contribution in [2.45, 2.75) is 64.1 Å². The third-order valence-corrected chi connectivity index (χ3v) is 6.05. The Kier molecular flexibility index (Phi) is 8.35. The fourth-order valence-corrected chi connectivity index (χ4v) is 4.16. The Morgan fingerprint density at radius 3 is 2.72 bits per heavy atom. The van der Waals surface area contributed by atoms with Crippen LogP contribution >= 0.6 is 0 Å². The van der Waals surface area contributed by atoms with Crippen LogP contribution in [0.4, 0.5) is 0 Å². The summed E-state index contributed by atoms with van der Waals surface area (Å²) in [5, 5.41) is 6.99. The molecule has 6 nitrogen and oxygen atoms in total. The normalized spacial score (nSPS) is 24.1. The molecule has 0 spiro atoms. The number of aliphatic imine (C=N–C) groups is 1. The van der Waals surface area contributed by atoms with Gasteiger partial charge in [0, 0.05) is 51.5 Å².